The van der Waals surface area contributed by atoms with Crippen LogP contribution in [-0.2, 0) is 20.4 Å². The summed E-state index contributed by atoms with van der Waals surface area (Å²) in [6, 6.07) is 13.3. The molecule has 4 aromatic rings. The van der Waals surface area contributed by atoms with Gasteiger partial charge in [-0.05, 0) is 118 Å². The van der Waals surface area contributed by atoms with E-state index in [0.29, 0.717) is 65.7 Å². The molecule has 13 nitrogen and oxygen atoms in total. The van der Waals surface area contributed by atoms with Crippen LogP contribution in [0.4, 0.5) is 34.6 Å². The molecule has 0 unspecified atom stereocenters. The monoisotopic (exact) mass is 835 g/mol. The Balaban J connectivity index is 0.000000201. The summed E-state index contributed by atoms with van der Waals surface area (Å²) in [4.78, 5) is 46.8. The van der Waals surface area contributed by atoms with E-state index in [0.717, 1.165) is 66.6 Å². The van der Waals surface area contributed by atoms with E-state index < -0.39 is 22.8 Å². The van der Waals surface area contributed by atoms with Crippen LogP contribution in [0.5, 0.6) is 0 Å². The lowest BCUT2D eigenvalue weighted by Gasteiger charge is -2.38. The van der Waals surface area contributed by atoms with Crippen LogP contribution >= 0.6 is 11.6 Å². The van der Waals surface area contributed by atoms with E-state index in [1.54, 1.807) is 36.8 Å². The van der Waals surface area contributed by atoms with Crippen molar-refractivity contribution in [1.82, 2.24) is 19.9 Å². The number of carbonyl (C=O) groups is 2. The number of nitrogens with one attached hydrogen (secondary N) is 2. The molecule has 3 aliphatic rings. The van der Waals surface area contributed by atoms with Gasteiger partial charge in [-0.25, -0.2) is 19.9 Å². The molecule has 0 atom stereocenters. The third-order valence-electron chi connectivity index (χ3n) is 11.7. The molecule has 0 bridgehead atoms. The lowest BCUT2D eigenvalue weighted by atomic mass is 9.65. The van der Waals surface area contributed by atoms with Crippen LogP contribution in [0, 0.1) is 29.1 Å². The highest BCUT2D eigenvalue weighted by Gasteiger charge is 2.47. The Bertz CT molecular complexity index is 2150. The largest absolute Gasteiger partial charge is 0.481 e. The number of aliphatic carboxylic acids is 2. The van der Waals surface area contributed by atoms with Gasteiger partial charge in [0.1, 0.15) is 17.7 Å². The predicted octanol–water partition coefficient (Wildman–Crippen LogP) is 9.72. The van der Waals surface area contributed by atoms with Crippen LogP contribution in [0.3, 0.4) is 0 Å². The first kappa shape index (κ1) is 44.1. The van der Waals surface area contributed by atoms with Gasteiger partial charge in [0.2, 0.25) is 0 Å². The van der Waals surface area contributed by atoms with Gasteiger partial charge in [-0.15, -0.1) is 0 Å². The van der Waals surface area contributed by atoms with Crippen LogP contribution in [0.2, 0.25) is 5.02 Å². The van der Waals surface area contributed by atoms with E-state index in [1.165, 1.54) is 19.0 Å². The molecular weight excluding hydrogens is 778 g/mol. The first-order chi connectivity index (χ1) is 28.6. The smallest absolute Gasteiger partial charge is 0.314 e. The van der Waals surface area contributed by atoms with Crippen molar-refractivity contribution in [2.24, 2.45) is 17.8 Å². The van der Waals surface area contributed by atoms with Crippen molar-refractivity contribution in [2.75, 3.05) is 40.1 Å². The predicted molar refractivity (Wildman–Crippen MR) is 237 cm³/mol. The zero-order valence-electron chi connectivity index (χ0n) is 35.6. The van der Waals surface area contributed by atoms with Gasteiger partial charge in [0, 0.05) is 50.5 Å². The van der Waals surface area contributed by atoms with Gasteiger partial charge in [0.25, 0.3) is 0 Å². The minimum Gasteiger partial charge on any atom is -0.481 e. The first-order valence-corrected chi connectivity index (χ1v) is 21.5. The number of nitrogens with zero attached hydrogens (tertiary/aromatic N) is 7. The summed E-state index contributed by atoms with van der Waals surface area (Å²) >= 11 is 5.98. The van der Waals surface area contributed by atoms with Crippen LogP contribution in [-0.4, -0.2) is 67.8 Å². The van der Waals surface area contributed by atoms with E-state index in [-0.39, 0.29) is 6.04 Å². The molecule has 4 N–H and O–H groups in total. The number of nitriles is 1. The Labute approximate surface area is 358 Å². The Morgan fingerprint density at radius 3 is 1.65 bits per heavy atom. The summed E-state index contributed by atoms with van der Waals surface area (Å²) in [6.45, 7) is 15.7. The molecule has 3 aliphatic carbocycles. The first-order valence-electron chi connectivity index (χ1n) is 21.1. The highest BCUT2D eigenvalue weighted by Crippen LogP contribution is 2.47. The molecule has 0 aromatic carbocycles. The quantitative estimate of drug-likeness (QED) is 0.0790. The molecule has 14 heteroatoms. The number of halogens is 1. The second-order valence-electron chi connectivity index (χ2n) is 17.7. The average Bonchev–Trinajstić information content (AvgIpc) is 3.98. The molecule has 0 radical (unpaired) electrons. The van der Waals surface area contributed by atoms with Crippen molar-refractivity contribution in [1.29, 1.82) is 5.26 Å². The topological polar surface area (TPSA) is 180 Å². The maximum atomic E-state index is 12.0. The van der Waals surface area contributed by atoms with Crippen molar-refractivity contribution in [3.8, 4) is 6.07 Å². The summed E-state index contributed by atoms with van der Waals surface area (Å²) in [5.74, 6) is 2.92. The Hall–Kier alpha value is -5.48. The summed E-state index contributed by atoms with van der Waals surface area (Å²) in [6.07, 6.45) is 13.5. The van der Waals surface area contributed by atoms with Crippen molar-refractivity contribution >= 4 is 58.2 Å². The van der Waals surface area contributed by atoms with Gasteiger partial charge in [0.15, 0.2) is 11.6 Å². The van der Waals surface area contributed by atoms with Crippen LogP contribution in [0.25, 0.3) is 0 Å². The normalized spacial score (nSPS) is 16.1. The SMILES string of the molecule is CC(C)CN(CC(C)C)c1ncc(C2(C(=O)O)CCC2)cc1Nc1ccc(Cl)cn1.CC(C)N(CC1CC1)c1ncc(C2(C(=O)O)CCC2)cc1Nc1ccc(C#N)cn1. The van der Waals surface area contributed by atoms with Crippen LogP contribution in [0.1, 0.15) is 110 Å². The van der Waals surface area contributed by atoms with E-state index in [9.17, 15) is 19.8 Å². The average molecular weight is 836 g/mol. The molecule has 0 saturated heterocycles. The number of anilines is 6. The fraction of sp³-hybridized carbons (Fsp3) is 0.500. The number of hydrogen-bond donors (Lipinski definition) is 4. The van der Waals surface area contributed by atoms with Crippen molar-refractivity contribution < 1.29 is 19.8 Å². The summed E-state index contributed by atoms with van der Waals surface area (Å²) < 4.78 is 0. The van der Waals surface area contributed by atoms with E-state index in [1.807, 2.05) is 18.2 Å². The molecule has 4 heterocycles. The molecule has 4 aromatic heterocycles. The third-order valence-corrected chi connectivity index (χ3v) is 12.0. The van der Waals surface area contributed by atoms with Crippen LogP contribution in [0.15, 0.2) is 61.2 Å². The van der Waals surface area contributed by atoms with Crippen molar-refractivity contribution in [3.63, 3.8) is 0 Å². The van der Waals surface area contributed by atoms with Gasteiger partial charge in [-0.1, -0.05) is 52.1 Å². The number of aromatic nitrogens is 4. The fourth-order valence-corrected chi connectivity index (χ4v) is 8.04. The number of pyridine rings is 4. The molecule has 7 rings (SSSR count). The fourth-order valence-electron chi connectivity index (χ4n) is 7.93. The lowest BCUT2D eigenvalue weighted by molar-refractivity contribution is -0.148. The van der Waals surface area contributed by atoms with Gasteiger partial charge in [0.05, 0.1) is 32.8 Å². The molecule has 60 heavy (non-hydrogen) atoms. The van der Waals surface area contributed by atoms with Crippen molar-refractivity contribution in [3.05, 3.63) is 82.9 Å². The molecule has 0 aliphatic heterocycles. The van der Waals surface area contributed by atoms with E-state index >= 15 is 0 Å². The number of carboxylic acids is 2. The zero-order valence-corrected chi connectivity index (χ0v) is 36.3. The maximum absolute atomic E-state index is 12.0. The zero-order chi connectivity index (χ0) is 43.2. The van der Waals surface area contributed by atoms with Gasteiger partial charge in [-0.3, -0.25) is 9.59 Å². The van der Waals surface area contributed by atoms with Crippen molar-refractivity contribution in [2.45, 2.75) is 110 Å². The number of hydrogen-bond acceptors (Lipinski definition) is 11. The van der Waals surface area contributed by atoms with E-state index in [4.69, 9.17) is 26.8 Å². The maximum Gasteiger partial charge on any atom is 0.314 e. The molecule has 3 fully saturated rings. The second kappa shape index (κ2) is 18.8. The highest BCUT2D eigenvalue weighted by atomic mass is 35.5. The summed E-state index contributed by atoms with van der Waals surface area (Å²) in [7, 11) is 0. The molecular formula is C46H58ClN9O4. The highest BCUT2D eigenvalue weighted by molar-refractivity contribution is 6.30. The molecule has 0 amide bonds. The third kappa shape index (κ3) is 10.1. The van der Waals surface area contributed by atoms with Gasteiger partial charge < -0.3 is 30.6 Å². The van der Waals surface area contributed by atoms with Gasteiger partial charge >= 0.3 is 11.9 Å². The summed E-state index contributed by atoms with van der Waals surface area (Å²) in [5, 5.41) is 36.0. The standard InChI is InChI=1S/C23H31ClN4O2.C23H27N5O2/c1-15(2)13-28(14-16(3)4)21-19(27-20-7-6-18(24)12-25-20)10-17(11-26-21)23(22(29)30)8-5-9-23;1-15(2)28(14-16-4-5-16)21-19(27-20-7-6-17(11-24)12-25-20)10-18(13-26-21)23(22(29)30)8-3-9-23/h6-7,10-12,15-16H,5,8-9,13-14H2,1-4H3,(H,25,27)(H,29,30);6-7,10,12-13,15-16H,3-5,8-9,14H2,1-2H3,(H,25,27)(H,29,30). The Morgan fingerprint density at radius 1 is 0.767 bits per heavy atom. The molecule has 0 spiro atoms. The second-order valence-corrected chi connectivity index (χ2v) is 18.1. The number of carboxylic acid groups (broad SMARTS) is 2. The molecule has 318 valence electrons. The molecule has 3 saturated carbocycles. The number of rotatable bonds is 17. The minimum absolute atomic E-state index is 0.260. The Kier molecular flexibility index (Phi) is 13.8. The van der Waals surface area contributed by atoms with E-state index in [2.05, 4.69) is 78.0 Å². The minimum atomic E-state index is -0.848. The Morgan fingerprint density at radius 2 is 1.27 bits per heavy atom. The van der Waals surface area contributed by atoms with Gasteiger partial charge in [-0.2, -0.15) is 5.26 Å². The lowest BCUT2D eigenvalue weighted by Crippen LogP contribution is -2.42. The van der Waals surface area contributed by atoms with Crippen LogP contribution < -0.4 is 20.4 Å². The summed E-state index contributed by atoms with van der Waals surface area (Å²) in [5.41, 5.74) is 1.81.